The molecule has 3 nitrogen and oxygen atoms in total. The summed E-state index contributed by atoms with van der Waals surface area (Å²) in [5.74, 6) is 0.545. The highest BCUT2D eigenvalue weighted by molar-refractivity contribution is 5.77. The Balaban J connectivity index is 2.20. The maximum atomic E-state index is 11.1. The minimum Gasteiger partial charge on any atom is -0.301 e. The molecule has 0 saturated carbocycles. The second kappa shape index (κ2) is 6.36. The van der Waals surface area contributed by atoms with Gasteiger partial charge in [-0.1, -0.05) is 6.92 Å². The van der Waals surface area contributed by atoms with Crippen LogP contribution in [0.5, 0.6) is 0 Å². The van der Waals surface area contributed by atoms with Crippen LogP contribution in [0, 0.1) is 5.92 Å². The standard InChI is InChI=1S/C13H26N2O/c1-11(2)15-9-7-14(8-10-15)6-5-12(3)13(4)16/h11-12H,5-10H2,1-4H3. The summed E-state index contributed by atoms with van der Waals surface area (Å²) in [4.78, 5) is 16.1. The molecule has 1 saturated heterocycles. The van der Waals surface area contributed by atoms with Crippen molar-refractivity contribution in [1.82, 2.24) is 9.80 Å². The van der Waals surface area contributed by atoms with E-state index in [9.17, 15) is 4.79 Å². The first-order valence-corrected chi connectivity index (χ1v) is 6.47. The molecule has 0 aromatic carbocycles. The highest BCUT2D eigenvalue weighted by Crippen LogP contribution is 2.09. The number of hydrogen-bond donors (Lipinski definition) is 0. The van der Waals surface area contributed by atoms with Crippen LogP contribution >= 0.6 is 0 Å². The molecule has 1 heterocycles. The summed E-state index contributed by atoms with van der Waals surface area (Å²) in [5.41, 5.74) is 0. The van der Waals surface area contributed by atoms with Crippen molar-refractivity contribution in [3.8, 4) is 0 Å². The van der Waals surface area contributed by atoms with E-state index in [2.05, 4.69) is 23.6 Å². The normalized spacial score (nSPS) is 21.3. The number of carbonyl (C=O) groups is 1. The molecule has 1 atom stereocenters. The van der Waals surface area contributed by atoms with Crippen molar-refractivity contribution in [1.29, 1.82) is 0 Å². The van der Waals surface area contributed by atoms with Crippen LogP contribution in [0.15, 0.2) is 0 Å². The minimum atomic E-state index is 0.225. The molecule has 0 bridgehead atoms. The monoisotopic (exact) mass is 226 g/mol. The molecule has 0 aromatic heterocycles. The van der Waals surface area contributed by atoms with E-state index in [1.807, 2.05) is 6.92 Å². The summed E-state index contributed by atoms with van der Waals surface area (Å²) in [5, 5.41) is 0. The van der Waals surface area contributed by atoms with Crippen LogP contribution in [0.2, 0.25) is 0 Å². The van der Waals surface area contributed by atoms with E-state index in [1.165, 1.54) is 13.1 Å². The molecule has 1 fully saturated rings. The molecule has 1 aliphatic rings. The van der Waals surface area contributed by atoms with E-state index in [0.29, 0.717) is 11.8 Å². The van der Waals surface area contributed by atoms with Gasteiger partial charge in [0.05, 0.1) is 0 Å². The second-order valence-electron chi connectivity index (χ2n) is 5.27. The number of hydrogen-bond acceptors (Lipinski definition) is 3. The summed E-state index contributed by atoms with van der Waals surface area (Å²) >= 11 is 0. The lowest BCUT2D eigenvalue weighted by Gasteiger charge is -2.37. The van der Waals surface area contributed by atoms with Crippen LogP contribution in [-0.4, -0.2) is 54.3 Å². The molecule has 1 rings (SSSR count). The zero-order chi connectivity index (χ0) is 12.1. The zero-order valence-electron chi connectivity index (χ0n) is 11.2. The number of rotatable bonds is 5. The summed E-state index contributed by atoms with van der Waals surface area (Å²) < 4.78 is 0. The highest BCUT2D eigenvalue weighted by Gasteiger charge is 2.19. The van der Waals surface area contributed by atoms with Crippen molar-refractivity contribution in [2.75, 3.05) is 32.7 Å². The van der Waals surface area contributed by atoms with Crippen molar-refractivity contribution in [3.63, 3.8) is 0 Å². The molecular formula is C13H26N2O. The smallest absolute Gasteiger partial charge is 0.132 e. The topological polar surface area (TPSA) is 23.6 Å². The Morgan fingerprint density at radius 1 is 1.12 bits per heavy atom. The largest absolute Gasteiger partial charge is 0.301 e. The molecule has 16 heavy (non-hydrogen) atoms. The fourth-order valence-electron chi connectivity index (χ4n) is 2.08. The maximum absolute atomic E-state index is 11.1. The van der Waals surface area contributed by atoms with Gasteiger partial charge in [0.15, 0.2) is 0 Å². The van der Waals surface area contributed by atoms with Gasteiger partial charge in [0.2, 0.25) is 0 Å². The molecule has 0 radical (unpaired) electrons. The first-order valence-electron chi connectivity index (χ1n) is 6.47. The third-order valence-electron chi connectivity index (χ3n) is 3.71. The van der Waals surface area contributed by atoms with Crippen LogP contribution in [0.1, 0.15) is 34.1 Å². The van der Waals surface area contributed by atoms with Crippen molar-refractivity contribution in [2.24, 2.45) is 5.92 Å². The predicted octanol–water partition coefficient (Wildman–Crippen LogP) is 1.63. The molecule has 0 aromatic rings. The van der Waals surface area contributed by atoms with Gasteiger partial charge in [0, 0.05) is 38.1 Å². The number of ketones is 1. The van der Waals surface area contributed by atoms with E-state index in [0.717, 1.165) is 26.1 Å². The van der Waals surface area contributed by atoms with Gasteiger partial charge in [-0.2, -0.15) is 0 Å². The van der Waals surface area contributed by atoms with Gasteiger partial charge in [-0.05, 0) is 33.7 Å². The van der Waals surface area contributed by atoms with Gasteiger partial charge in [-0.15, -0.1) is 0 Å². The maximum Gasteiger partial charge on any atom is 0.132 e. The van der Waals surface area contributed by atoms with Crippen LogP contribution in [0.25, 0.3) is 0 Å². The van der Waals surface area contributed by atoms with Gasteiger partial charge < -0.3 is 4.90 Å². The number of Topliss-reactive ketones (excluding diaryl/α,β-unsaturated/α-hetero) is 1. The zero-order valence-corrected chi connectivity index (χ0v) is 11.2. The average molecular weight is 226 g/mol. The summed E-state index contributed by atoms with van der Waals surface area (Å²) in [7, 11) is 0. The Kier molecular flexibility index (Phi) is 5.42. The third-order valence-corrected chi connectivity index (χ3v) is 3.71. The first kappa shape index (κ1) is 13.7. The number of carbonyl (C=O) groups excluding carboxylic acids is 1. The van der Waals surface area contributed by atoms with E-state index < -0.39 is 0 Å². The molecular weight excluding hydrogens is 200 g/mol. The van der Waals surface area contributed by atoms with Crippen LogP contribution in [0.4, 0.5) is 0 Å². The fourth-order valence-corrected chi connectivity index (χ4v) is 2.08. The molecule has 0 aliphatic carbocycles. The quantitative estimate of drug-likeness (QED) is 0.712. The third kappa shape index (κ3) is 4.22. The SMILES string of the molecule is CC(=O)C(C)CCN1CCN(C(C)C)CC1. The van der Waals surface area contributed by atoms with Crippen LogP contribution in [0.3, 0.4) is 0 Å². The lowest BCUT2D eigenvalue weighted by molar-refractivity contribution is -0.120. The Labute approximate surface area is 99.8 Å². The van der Waals surface area contributed by atoms with E-state index in [1.54, 1.807) is 6.92 Å². The summed E-state index contributed by atoms with van der Waals surface area (Å²) in [6.45, 7) is 14.0. The Morgan fingerprint density at radius 3 is 2.12 bits per heavy atom. The molecule has 3 heteroatoms. The van der Waals surface area contributed by atoms with Crippen molar-refractivity contribution in [2.45, 2.75) is 40.2 Å². The molecule has 0 spiro atoms. The van der Waals surface area contributed by atoms with Gasteiger partial charge in [-0.25, -0.2) is 0 Å². The lowest BCUT2D eigenvalue weighted by Crippen LogP contribution is -2.49. The van der Waals surface area contributed by atoms with Gasteiger partial charge in [-0.3, -0.25) is 9.69 Å². The summed E-state index contributed by atoms with van der Waals surface area (Å²) in [6.07, 6.45) is 1.01. The number of nitrogens with zero attached hydrogens (tertiary/aromatic N) is 2. The predicted molar refractivity (Wildman–Crippen MR) is 67.6 cm³/mol. The fraction of sp³-hybridized carbons (Fsp3) is 0.923. The van der Waals surface area contributed by atoms with Crippen molar-refractivity contribution in [3.05, 3.63) is 0 Å². The Morgan fingerprint density at radius 2 is 1.69 bits per heavy atom. The van der Waals surface area contributed by atoms with Gasteiger partial charge >= 0.3 is 0 Å². The van der Waals surface area contributed by atoms with E-state index in [4.69, 9.17) is 0 Å². The molecule has 1 unspecified atom stereocenters. The number of piperazine rings is 1. The molecule has 0 amide bonds. The van der Waals surface area contributed by atoms with Crippen molar-refractivity contribution >= 4 is 5.78 Å². The first-order chi connectivity index (χ1) is 7.50. The summed E-state index contributed by atoms with van der Waals surface area (Å²) in [6, 6.07) is 0.665. The lowest BCUT2D eigenvalue weighted by atomic mass is 10.0. The average Bonchev–Trinajstić information content (AvgIpc) is 2.26. The van der Waals surface area contributed by atoms with E-state index >= 15 is 0 Å². The Bertz CT molecular complexity index is 220. The Hall–Kier alpha value is -0.410. The van der Waals surface area contributed by atoms with Crippen LogP contribution < -0.4 is 0 Å². The van der Waals surface area contributed by atoms with Gasteiger partial charge in [0.1, 0.15) is 5.78 Å². The van der Waals surface area contributed by atoms with E-state index in [-0.39, 0.29) is 5.92 Å². The van der Waals surface area contributed by atoms with Crippen molar-refractivity contribution < 1.29 is 4.79 Å². The van der Waals surface area contributed by atoms with Crippen LogP contribution in [-0.2, 0) is 4.79 Å². The molecule has 0 N–H and O–H groups in total. The highest BCUT2D eigenvalue weighted by atomic mass is 16.1. The molecule has 94 valence electrons. The minimum absolute atomic E-state index is 0.225. The molecule has 1 aliphatic heterocycles. The van der Waals surface area contributed by atoms with Gasteiger partial charge in [0.25, 0.3) is 0 Å². The second-order valence-corrected chi connectivity index (χ2v) is 5.27.